The molecule has 5 nitrogen and oxygen atoms in total. The largest absolute Gasteiger partial charge is 0.386 e. The number of aromatic nitrogens is 1. The molecule has 0 aliphatic carbocycles. The SMILES string of the molecule is CC(NC(=O)c1cccnc1)OCC(O)c1ccc2sccc2c1.Cl. The highest BCUT2D eigenvalue weighted by molar-refractivity contribution is 7.17. The zero-order valence-corrected chi connectivity index (χ0v) is 15.2. The van der Waals surface area contributed by atoms with Crippen LogP contribution in [0.4, 0.5) is 0 Å². The summed E-state index contributed by atoms with van der Waals surface area (Å²) >= 11 is 1.67. The summed E-state index contributed by atoms with van der Waals surface area (Å²) in [6.07, 6.45) is 1.84. The first-order valence-electron chi connectivity index (χ1n) is 7.61. The molecule has 7 heteroatoms. The molecule has 3 aromatic rings. The van der Waals surface area contributed by atoms with Crippen LogP contribution >= 0.6 is 23.7 Å². The van der Waals surface area contributed by atoms with Gasteiger partial charge in [-0.15, -0.1) is 23.7 Å². The van der Waals surface area contributed by atoms with E-state index in [0.29, 0.717) is 5.56 Å². The number of ether oxygens (including phenoxy) is 1. The van der Waals surface area contributed by atoms with Gasteiger partial charge in [0.25, 0.3) is 5.91 Å². The molecule has 0 aliphatic heterocycles. The van der Waals surface area contributed by atoms with E-state index >= 15 is 0 Å². The summed E-state index contributed by atoms with van der Waals surface area (Å²) in [5.74, 6) is -0.259. The predicted molar refractivity (Wildman–Crippen MR) is 101 cm³/mol. The van der Waals surface area contributed by atoms with Gasteiger partial charge < -0.3 is 15.2 Å². The Morgan fingerprint density at radius 1 is 1.36 bits per heavy atom. The third-order valence-corrected chi connectivity index (χ3v) is 4.52. The minimum atomic E-state index is -0.743. The molecule has 0 saturated heterocycles. The average molecular weight is 379 g/mol. The monoisotopic (exact) mass is 378 g/mol. The molecule has 0 bridgehead atoms. The van der Waals surface area contributed by atoms with Crippen LogP contribution in [-0.2, 0) is 4.74 Å². The van der Waals surface area contributed by atoms with Gasteiger partial charge in [0.15, 0.2) is 0 Å². The molecule has 0 fully saturated rings. The number of hydrogen-bond donors (Lipinski definition) is 2. The Bertz CT molecular complexity index is 825. The molecule has 0 saturated carbocycles. The lowest BCUT2D eigenvalue weighted by atomic mass is 10.1. The van der Waals surface area contributed by atoms with Gasteiger partial charge in [0.2, 0.25) is 0 Å². The molecule has 2 heterocycles. The van der Waals surface area contributed by atoms with E-state index in [9.17, 15) is 9.90 Å². The highest BCUT2D eigenvalue weighted by Gasteiger charge is 2.14. The quantitative estimate of drug-likeness (QED) is 0.643. The van der Waals surface area contributed by atoms with Gasteiger partial charge in [-0.3, -0.25) is 9.78 Å². The van der Waals surface area contributed by atoms with Crippen LogP contribution in [0.15, 0.2) is 54.2 Å². The number of rotatable bonds is 6. The van der Waals surface area contributed by atoms with Crippen molar-refractivity contribution in [2.24, 2.45) is 0 Å². The summed E-state index contributed by atoms with van der Waals surface area (Å²) in [5.41, 5.74) is 1.27. The van der Waals surface area contributed by atoms with Gasteiger partial charge in [-0.2, -0.15) is 0 Å². The van der Waals surface area contributed by atoms with Crippen molar-refractivity contribution in [2.75, 3.05) is 6.61 Å². The number of thiophene rings is 1. The number of carbonyl (C=O) groups is 1. The van der Waals surface area contributed by atoms with Gasteiger partial charge in [0.1, 0.15) is 12.3 Å². The Kier molecular flexibility index (Phi) is 6.90. The Hall–Kier alpha value is -1.99. The van der Waals surface area contributed by atoms with Gasteiger partial charge in [-0.25, -0.2) is 0 Å². The molecular weight excluding hydrogens is 360 g/mol. The summed E-state index contributed by atoms with van der Waals surface area (Å²) in [6.45, 7) is 1.83. The summed E-state index contributed by atoms with van der Waals surface area (Å²) in [6, 6.07) is 11.2. The molecule has 132 valence electrons. The number of amides is 1. The van der Waals surface area contributed by atoms with Crippen LogP contribution in [0, 0.1) is 0 Å². The van der Waals surface area contributed by atoms with Gasteiger partial charge in [-0.1, -0.05) is 6.07 Å². The second-order valence-electron chi connectivity index (χ2n) is 5.42. The Morgan fingerprint density at radius 3 is 2.96 bits per heavy atom. The first kappa shape index (κ1) is 19.3. The fourth-order valence-corrected chi connectivity index (χ4v) is 3.10. The van der Waals surface area contributed by atoms with E-state index < -0.39 is 12.3 Å². The highest BCUT2D eigenvalue weighted by Crippen LogP contribution is 2.24. The van der Waals surface area contributed by atoms with Crippen LogP contribution in [0.3, 0.4) is 0 Å². The molecule has 0 radical (unpaired) electrons. The maximum Gasteiger partial charge on any atom is 0.254 e. The van der Waals surface area contributed by atoms with Crippen molar-refractivity contribution in [1.29, 1.82) is 0 Å². The maximum absolute atomic E-state index is 12.0. The number of halogens is 1. The zero-order chi connectivity index (χ0) is 16.9. The number of aliphatic hydroxyl groups excluding tert-OH is 1. The normalized spacial score (nSPS) is 13.0. The predicted octanol–water partition coefficient (Wildman–Crippen LogP) is 3.54. The molecule has 2 atom stereocenters. The van der Waals surface area contributed by atoms with Crippen molar-refractivity contribution in [3.8, 4) is 0 Å². The fraction of sp³-hybridized carbons (Fsp3) is 0.222. The van der Waals surface area contributed by atoms with E-state index in [4.69, 9.17) is 4.74 Å². The fourth-order valence-electron chi connectivity index (χ4n) is 2.33. The Balaban J connectivity index is 0.00000225. The van der Waals surface area contributed by atoms with Crippen molar-refractivity contribution in [1.82, 2.24) is 10.3 Å². The Morgan fingerprint density at radius 2 is 2.20 bits per heavy atom. The lowest BCUT2D eigenvalue weighted by Crippen LogP contribution is -2.35. The number of nitrogens with zero attached hydrogens (tertiary/aromatic N) is 1. The number of aliphatic hydroxyl groups is 1. The lowest BCUT2D eigenvalue weighted by Gasteiger charge is -2.18. The molecule has 2 unspecified atom stereocenters. The number of nitrogens with one attached hydrogen (secondary N) is 1. The summed E-state index contributed by atoms with van der Waals surface area (Å²) in [5, 5.41) is 16.1. The van der Waals surface area contributed by atoms with Crippen molar-refractivity contribution < 1.29 is 14.6 Å². The van der Waals surface area contributed by atoms with Crippen LogP contribution in [0.1, 0.15) is 28.9 Å². The Labute approximate surface area is 156 Å². The molecule has 1 amide bonds. The van der Waals surface area contributed by atoms with Gasteiger partial charge in [0, 0.05) is 17.1 Å². The second-order valence-corrected chi connectivity index (χ2v) is 6.37. The topological polar surface area (TPSA) is 71.5 Å². The molecule has 2 aromatic heterocycles. The van der Waals surface area contributed by atoms with Crippen molar-refractivity contribution in [3.63, 3.8) is 0 Å². The minimum Gasteiger partial charge on any atom is -0.386 e. The summed E-state index contributed by atoms with van der Waals surface area (Å²) < 4.78 is 6.73. The first-order chi connectivity index (χ1) is 11.6. The third kappa shape index (κ3) is 4.99. The first-order valence-corrected chi connectivity index (χ1v) is 8.49. The van der Waals surface area contributed by atoms with Crippen LogP contribution in [0.5, 0.6) is 0 Å². The van der Waals surface area contributed by atoms with Crippen molar-refractivity contribution >= 4 is 39.7 Å². The number of pyridine rings is 1. The molecule has 2 N–H and O–H groups in total. The standard InChI is InChI=1S/C18H18N2O3S.ClH/c1-12(20-18(22)15-3-2-7-19-10-15)23-11-16(21)13-4-5-17-14(9-13)6-8-24-17;/h2-10,12,16,21H,11H2,1H3,(H,20,22);1H. The van der Waals surface area contributed by atoms with Crippen LogP contribution in [0.2, 0.25) is 0 Å². The lowest BCUT2D eigenvalue weighted by molar-refractivity contribution is -0.0141. The van der Waals surface area contributed by atoms with E-state index in [1.165, 1.54) is 10.9 Å². The number of benzene rings is 1. The molecule has 25 heavy (non-hydrogen) atoms. The molecule has 1 aromatic carbocycles. The van der Waals surface area contributed by atoms with E-state index in [2.05, 4.69) is 10.3 Å². The van der Waals surface area contributed by atoms with Crippen LogP contribution in [0.25, 0.3) is 10.1 Å². The van der Waals surface area contributed by atoms with Crippen molar-refractivity contribution in [3.05, 3.63) is 65.3 Å². The van der Waals surface area contributed by atoms with Crippen LogP contribution in [-0.4, -0.2) is 28.8 Å². The smallest absolute Gasteiger partial charge is 0.254 e. The highest BCUT2D eigenvalue weighted by atomic mass is 35.5. The van der Waals surface area contributed by atoms with E-state index in [1.54, 1.807) is 36.6 Å². The summed E-state index contributed by atoms with van der Waals surface area (Å²) in [4.78, 5) is 15.9. The zero-order valence-electron chi connectivity index (χ0n) is 13.6. The second kappa shape index (κ2) is 8.92. The van der Waals surface area contributed by atoms with E-state index in [1.807, 2.05) is 29.6 Å². The minimum absolute atomic E-state index is 0. The van der Waals surface area contributed by atoms with Crippen LogP contribution < -0.4 is 5.32 Å². The summed E-state index contributed by atoms with van der Waals surface area (Å²) in [7, 11) is 0. The molecule has 3 rings (SSSR count). The van der Waals surface area contributed by atoms with Crippen molar-refractivity contribution in [2.45, 2.75) is 19.3 Å². The third-order valence-electron chi connectivity index (χ3n) is 3.62. The number of carbonyl (C=O) groups excluding carboxylic acids is 1. The van der Waals surface area contributed by atoms with E-state index in [0.717, 1.165) is 10.9 Å². The van der Waals surface area contributed by atoms with Gasteiger partial charge in [0.05, 0.1) is 12.2 Å². The molecule has 0 spiro atoms. The number of fused-ring (bicyclic) bond motifs is 1. The van der Waals surface area contributed by atoms with E-state index in [-0.39, 0.29) is 24.9 Å². The molecule has 0 aliphatic rings. The molecular formula is C18H19ClN2O3S. The van der Waals surface area contributed by atoms with Gasteiger partial charge >= 0.3 is 0 Å². The average Bonchev–Trinajstić information content (AvgIpc) is 3.08. The maximum atomic E-state index is 12.0. The number of hydrogen-bond acceptors (Lipinski definition) is 5. The van der Waals surface area contributed by atoms with Gasteiger partial charge in [-0.05, 0) is 53.6 Å².